The first-order chi connectivity index (χ1) is 22.4. The highest BCUT2D eigenvalue weighted by Gasteiger charge is 2.34. The van der Waals surface area contributed by atoms with E-state index in [2.05, 4.69) is 9.98 Å². The lowest BCUT2D eigenvalue weighted by Gasteiger charge is -2.06. The van der Waals surface area contributed by atoms with E-state index >= 15 is 0 Å². The monoisotopic (exact) mass is 628 g/mol. The zero-order valence-corrected chi connectivity index (χ0v) is 26.4. The molecule has 0 spiro atoms. The molecule has 0 radical (unpaired) electrons. The van der Waals surface area contributed by atoms with Crippen molar-refractivity contribution >= 4 is 35.7 Å². The molecule has 0 fully saturated rings. The molecule has 2 heterocycles. The standard InChI is InChI=1S/C36H40N2O8/c1-3-43-31(39)23-27-29(21-25-15-9-7-10-16-25)35(41)45-33(27)37-19-13-5-6-14-20-38-34-28(24-32(40)44-4-2)30(36(42)46-34)22-26-17-11-8-12-18-26/h7-12,15-18H,3-6,13-14,19-24H2,1-2H3/b37-33-,38-34-. The summed E-state index contributed by atoms with van der Waals surface area (Å²) in [6, 6.07) is 19.0. The van der Waals surface area contributed by atoms with Crippen molar-refractivity contribution in [2.24, 2.45) is 9.98 Å². The minimum absolute atomic E-state index is 0.0782. The van der Waals surface area contributed by atoms with Crippen LogP contribution in [0.4, 0.5) is 0 Å². The second-order valence-electron chi connectivity index (χ2n) is 10.8. The van der Waals surface area contributed by atoms with Gasteiger partial charge in [0.25, 0.3) is 0 Å². The molecule has 46 heavy (non-hydrogen) atoms. The molecule has 0 aliphatic carbocycles. The first kappa shape index (κ1) is 34.0. The van der Waals surface area contributed by atoms with Gasteiger partial charge >= 0.3 is 23.9 Å². The molecule has 2 aromatic carbocycles. The summed E-state index contributed by atoms with van der Waals surface area (Å²) >= 11 is 0. The summed E-state index contributed by atoms with van der Waals surface area (Å²) in [5.74, 6) is -1.47. The van der Waals surface area contributed by atoms with E-state index < -0.39 is 23.9 Å². The average Bonchev–Trinajstić information content (AvgIpc) is 3.49. The SMILES string of the molecule is CCOC(=O)CC1=C(Cc2ccccc2)C(=O)O/C1=N\CCCCCC/N=C1\OC(=O)C(Cc2ccccc2)=C1CC(=O)OCC. The van der Waals surface area contributed by atoms with E-state index in [0.717, 1.165) is 36.8 Å². The Morgan fingerprint density at radius 2 is 0.978 bits per heavy atom. The molecule has 4 rings (SSSR count). The summed E-state index contributed by atoms with van der Waals surface area (Å²) in [4.78, 5) is 59.1. The molecule has 10 heteroatoms. The van der Waals surface area contributed by atoms with Crippen LogP contribution < -0.4 is 0 Å². The Labute approximate surface area is 269 Å². The van der Waals surface area contributed by atoms with Gasteiger partial charge in [0.05, 0.1) is 37.2 Å². The van der Waals surface area contributed by atoms with Gasteiger partial charge in [0.1, 0.15) is 0 Å². The quantitative estimate of drug-likeness (QED) is 0.129. The van der Waals surface area contributed by atoms with E-state index in [-0.39, 0.29) is 37.9 Å². The molecule has 0 saturated heterocycles. The van der Waals surface area contributed by atoms with Crippen LogP contribution >= 0.6 is 0 Å². The van der Waals surface area contributed by atoms with Gasteiger partial charge in [-0.1, -0.05) is 73.5 Å². The number of rotatable bonds is 17. The maximum absolute atomic E-state index is 12.7. The van der Waals surface area contributed by atoms with Crippen molar-refractivity contribution in [2.75, 3.05) is 26.3 Å². The molecule has 0 unspecified atom stereocenters. The number of hydrogen-bond acceptors (Lipinski definition) is 10. The van der Waals surface area contributed by atoms with Gasteiger partial charge in [0.15, 0.2) is 0 Å². The molecule has 10 nitrogen and oxygen atoms in total. The Balaban J connectivity index is 1.32. The number of carbonyl (C=O) groups excluding carboxylic acids is 4. The Morgan fingerprint density at radius 1 is 0.587 bits per heavy atom. The van der Waals surface area contributed by atoms with Crippen LogP contribution in [0.15, 0.2) is 92.9 Å². The lowest BCUT2D eigenvalue weighted by molar-refractivity contribution is -0.143. The summed E-state index contributed by atoms with van der Waals surface area (Å²) in [5.41, 5.74) is 3.68. The van der Waals surface area contributed by atoms with Crippen LogP contribution in [0.2, 0.25) is 0 Å². The molecule has 2 aromatic rings. The Bertz CT molecular complexity index is 1410. The zero-order valence-electron chi connectivity index (χ0n) is 26.4. The summed E-state index contributed by atoms with van der Waals surface area (Å²) in [7, 11) is 0. The van der Waals surface area contributed by atoms with Crippen molar-refractivity contribution < 1.29 is 38.1 Å². The predicted molar refractivity (Wildman–Crippen MR) is 172 cm³/mol. The molecule has 242 valence electrons. The predicted octanol–water partition coefficient (Wildman–Crippen LogP) is 5.44. The number of benzene rings is 2. The van der Waals surface area contributed by atoms with Crippen LogP contribution in [0.1, 0.15) is 63.5 Å². The van der Waals surface area contributed by atoms with Crippen molar-refractivity contribution in [3.63, 3.8) is 0 Å². The zero-order chi connectivity index (χ0) is 32.7. The molecule has 0 atom stereocenters. The molecular formula is C36H40N2O8. The van der Waals surface area contributed by atoms with Crippen LogP contribution in [0.5, 0.6) is 0 Å². The number of nitrogens with zero attached hydrogens (tertiary/aromatic N) is 2. The smallest absolute Gasteiger partial charge is 0.341 e. The van der Waals surface area contributed by atoms with E-state index in [1.807, 2.05) is 60.7 Å². The Kier molecular flexibility index (Phi) is 13.0. The van der Waals surface area contributed by atoms with Gasteiger partial charge < -0.3 is 18.9 Å². The van der Waals surface area contributed by atoms with Gasteiger partial charge in [0, 0.05) is 37.1 Å². The van der Waals surface area contributed by atoms with Gasteiger partial charge in [-0.15, -0.1) is 0 Å². The summed E-state index contributed by atoms with van der Waals surface area (Å²) in [6.07, 6.45) is 3.69. The van der Waals surface area contributed by atoms with Crippen LogP contribution in [-0.4, -0.2) is 62.0 Å². The van der Waals surface area contributed by atoms with Gasteiger partial charge in [-0.3, -0.25) is 19.6 Å². The number of hydrogen-bond donors (Lipinski definition) is 0. The molecule has 0 aromatic heterocycles. The topological polar surface area (TPSA) is 130 Å². The molecule has 0 bridgehead atoms. The Morgan fingerprint density at radius 3 is 1.35 bits per heavy atom. The number of unbranched alkanes of at least 4 members (excludes halogenated alkanes) is 3. The third-order valence-electron chi connectivity index (χ3n) is 7.39. The summed E-state index contributed by atoms with van der Waals surface area (Å²) in [6.45, 7) is 4.80. The van der Waals surface area contributed by atoms with Crippen molar-refractivity contribution in [3.8, 4) is 0 Å². The fraction of sp³-hybridized carbons (Fsp3) is 0.389. The van der Waals surface area contributed by atoms with Gasteiger partial charge in [-0.25, -0.2) is 9.59 Å². The number of cyclic esters (lactones) is 2. The van der Waals surface area contributed by atoms with Gasteiger partial charge in [0.2, 0.25) is 11.8 Å². The van der Waals surface area contributed by atoms with Gasteiger partial charge in [-0.2, -0.15) is 0 Å². The van der Waals surface area contributed by atoms with Crippen molar-refractivity contribution in [1.29, 1.82) is 0 Å². The first-order valence-corrected chi connectivity index (χ1v) is 15.8. The van der Waals surface area contributed by atoms with Gasteiger partial charge in [-0.05, 0) is 37.8 Å². The molecule has 0 N–H and O–H groups in total. The molecule has 2 aliphatic rings. The minimum Gasteiger partial charge on any atom is -0.466 e. The van der Waals surface area contributed by atoms with Crippen molar-refractivity contribution in [3.05, 3.63) is 94.1 Å². The van der Waals surface area contributed by atoms with Crippen LogP contribution in [0.25, 0.3) is 0 Å². The molecule has 2 aliphatic heterocycles. The fourth-order valence-electron chi connectivity index (χ4n) is 5.16. The van der Waals surface area contributed by atoms with Crippen molar-refractivity contribution in [2.45, 2.75) is 65.2 Å². The third-order valence-corrected chi connectivity index (χ3v) is 7.39. The first-order valence-electron chi connectivity index (χ1n) is 15.8. The van der Waals surface area contributed by atoms with Crippen LogP contribution in [-0.2, 0) is 51.0 Å². The van der Waals surface area contributed by atoms with E-state index in [9.17, 15) is 19.2 Å². The third kappa shape index (κ3) is 9.82. The summed E-state index contributed by atoms with van der Waals surface area (Å²) in [5, 5.41) is 0. The van der Waals surface area contributed by atoms with Crippen LogP contribution in [0, 0.1) is 0 Å². The second kappa shape index (κ2) is 17.6. The summed E-state index contributed by atoms with van der Waals surface area (Å²) < 4.78 is 21.2. The van der Waals surface area contributed by atoms with E-state index in [1.54, 1.807) is 13.8 Å². The Hall–Kier alpha value is -4.86. The largest absolute Gasteiger partial charge is 0.466 e. The number of aliphatic imine (C=N–C) groups is 2. The minimum atomic E-state index is -0.489. The van der Waals surface area contributed by atoms with E-state index in [4.69, 9.17) is 18.9 Å². The number of esters is 4. The molecule has 0 saturated carbocycles. The molecular weight excluding hydrogens is 588 g/mol. The normalized spacial score (nSPS) is 16.3. The highest BCUT2D eigenvalue weighted by Crippen LogP contribution is 2.27. The second-order valence-corrected chi connectivity index (χ2v) is 10.8. The molecule has 0 amide bonds. The number of ether oxygens (including phenoxy) is 4. The number of carbonyl (C=O) groups is 4. The fourth-order valence-corrected chi connectivity index (χ4v) is 5.16. The highest BCUT2D eigenvalue weighted by atomic mass is 16.6. The highest BCUT2D eigenvalue weighted by molar-refractivity contribution is 6.17. The lowest BCUT2D eigenvalue weighted by Crippen LogP contribution is -2.11. The van der Waals surface area contributed by atoms with E-state index in [0.29, 0.717) is 48.2 Å². The lowest BCUT2D eigenvalue weighted by atomic mass is 9.99. The van der Waals surface area contributed by atoms with E-state index in [1.165, 1.54) is 0 Å². The van der Waals surface area contributed by atoms with Crippen LogP contribution in [0.3, 0.4) is 0 Å². The average molecular weight is 629 g/mol. The van der Waals surface area contributed by atoms with Crippen molar-refractivity contribution in [1.82, 2.24) is 0 Å². The maximum atomic E-state index is 12.7. The maximum Gasteiger partial charge on any atom is 0.341 e.